The maximum atomic E-state index is 12.5. The molecule has 0 bridgehead atoms. The van der Waals surface area contributed by atoms with Gasteiger partial charge in [0.1, 0.15) is 17.4 Å². The number of anilines is 1. The van der Waals surface area contributed by atoms with Gasteiger partial charge in [-0.15, -0.1) is 0 Å². The SMILES string of the molecule is Cc1oc(NC(=O)CN2CCCC[C@@H]2Cn2cccn2)c(C#N)c1C. The van der Waals surface area contributed by atoms with E-state index in [1.165, 1.54) is 6.42 Å². The Kier molecular flexibility index (Phi) is 5.19. The van der Waals surface area contributed by atoms with E-state index in [1.54, 1.807) is 13.1 Å². The molecule has 0 unspecified atom stereocenters. The van der Waals surface area contributed by atoms with Gasteiger partial charge in [0.15, 0.2) is 0 Å². The number of carbonyl (C=O) groups is 1. The van der Waals surface area contributed by atoms with Gasteiger partial charge < -0.3 is 4.42 Å². The molecule has 3 heterocycles. The Balaban J connectivity index is 1.64. The van der Waals surface area contributed by atoms with Crippen LogP contribution in [0.15, 0.2) is 22.9 Å². The van der Waals surface area contributed by atoms with Crippen molar-refractivity contribution in [1.29, 1.82) is 5.26 Å². The first-order valence-corrected chi connectivity index (χ1v) is 8.60. The number of amides is 1. The second-order valence-electron chi connectivity index (χ2n) is 6.50. The fourth-order valence-electron chi connectivity index (χ4n) is 3.30. The Hall–Kier alpha value is -2.59. The summed E-state index contributed by atoms with van der Waals surface area (Å²) in [7, 11) is 0. The maximum absolute atomic E-state index is 12.5. The first-order valence-electron chi connectivity index (χ1n) is 8.60. The van der Waals surface area contributed by atoms with Gasteiger partial charge in [0, 0.05) is 24.0 Å². The number of aryl methyl sites for hydroxylation is 1. The molecular formula is C18H23N5O2. The van der Waals surface area contributed by atoms with Crippen LogP contribution in [0.2, 0.25) is 0 Å². The van der Waals surface area contributed by atoms with Crippen LogP contribution in [0, 0.1) is 25.2 Å². The molecule has 25 heavy (non-hydrogen) atoms. The highest BCUT2D eigenvalue weighted by Gasteiger charge is 2.26. The van der Waals surface area contributed by atoms with Crippen molar-refractivity contribution in [3.05, 3.63) is 35.3 Å². The van der Waals surface area contributed by atoms with Crippen LogP contribution >= 0.6 is 0 Å². The molecule has 1 amide bonds. The van der Waals surface area contributed by atoms with Crippen LogP contribution in [0.5, 0.6) is 0 Å². The Bertz CT molecular complexity index is 772. The number of nitrogens with zero attached hydrogens (tertiary/aromatic N) is 4. The summed E-state index contributed by atoms with van der Waals surface area (Å²) >= 11 is 0. The average molecular weight is 341 g/mol. The third-order valence-corrected chi connectivity index (χ3v) is 4.80. The molecule has 3 rings (SSSR count). The molecule has 7 heteroatoms. The Morgan fingerprint density at radius 3 is 3.04 bits per heavy atom. The molecule has 7 nitrogen and oxygen atoms in total. The number of nitrogens with one attached hydrogen (secondary N) is 1. The van der Waals surface area contributed by atoms with Crippen molar-refractivity contribution < 1.29 is 9.21 Å². The average Bonchev–Trinajstić information content (AvgIpc) is 3.18. The lowest BCUT2D eigenvalue weighted by Crippen LogP contribution is -2.46. The Morgan fingerprint density at radius 2 is 2.32 bits per heavy atom. The summed E-state index contributed by atoms with van der Waals surface area (Å²) in [4.78, 5) is 14.7. The largest absolute Gasteiger partial charge is 0.444 e. The number of carbonyl (C=O) groups excluding carboxylic acids is 1. The van der Waals surface area contributed by atoms with Crippen molar-refractivity contribution in [3.63, 3.8) is 0 Å². The van der Waals surface area contributed by atoms with Gasteiger partial charge in [0.05, 0.1) is 13.1 Å². The molecular weight excluding hydrogens is 318 g/mol. The van der Waals surface area contributed by atoms with Gasteiger partial charge in [-0.05, 0) is 39.3 Å². The lowest BCUT2D eigenvalue weighted by Gasteiger charge is -2.35. The van der Waals surface area contributed by atoms with Gasteiger partial charge in [-0.2, -0.15) is 10.4 Å². The van der Waals surface area contributed by atoms with Crippen molar-refractivity contribution >= 4 is 11.8 Å². The molecule has 1 fully saturated rings. The summed E-state index contributed by atoms with van der Waals surface area (Å²) < 4.78 is 7.43. The first-order chi connectivity index (χ1) is 12.1. The maximum Gasteiger partial charge on any atom is 0.240 e. The molecule has 1 saturated heterocycles. The standard InChI is InChI=1S/C18H23N5O2/c1-13-14(2)25-18(16(13)10-19)21-17(24)12-22-8-4-3-6-15(22)11-23-9-5-7-20-23/h5,7,9,15H,3-4,6,8,11-12H2,1-2H3,(H,21,24)/t15-/m1/s1. The van der Waals surface area contributed by atoms with Crippen LogP contribution in [0.25, 0.3) is 0 Å². The monoisotopic (exact) mass is 341 g/mol. The second-order valence-corrected chi connectivity index (χ2v) is 6.50. The molecule has 0 aliphatic carbocycles. The molecule has 132 valence electrons. The van der Waals surface area contributed by atoms with E-state index in [9.17, 15) is 10.1 Å². The normalized spacial score (nSPS) is 18.0. The third-order valence-electron chi connectivity index (χ3n) is 4.80. The smallest absolute Gasteiger partial charge is 0.240 e. The van der Waals surface area contributed by atoms with E-state index >= 15 is 0 Å². The second kappa shape index (κ2) is 7.53. The predicted octanol–water partition coefficient (Wildman–Crippen LogP) is 2.46. The van der Waals surface area contributed by atoms with Gasteiger partial charge in [-0.3, -0.25) is 19.7 Å². The van der Waals surface area contributed by atoms with Crippen molar-refractivity contribution in [2.24, 2.45) is 0 Å². The topological polar surface area (TPSA) is 87.1 Å². The number of hydrogen-bond acceptors (Lipinski definition) is 5. The molecule has 2 aromatic rings. The number of rotatable bonds is 5. The van der Waals surface area contributed by atoms with Crippen molar-refractivity contribution in [2.75, 3.05) is 18.4 Å². The minimum atomic E-state index is -0.155. The van der Waals surface area contributed by atoms with E-state index in [1.807, 2.05) is 23.9 Å². The van der Waals surface area contributed by atoms with Gasteiger partial charge in [0.25, 0.3) is 0 Å². The van der Waals surface area contributed by atoms with Crippen LogP contribution < -0.4 is 5.32 Å². The zero-order valence-corrected chi connectivity index (χ0v) is 14.7. The number of furan rings is 1. The van der Waals surface area contributed by atoms with Crippen LogP contribution in [-0.4, -0.2) is 39.7 Å². The molecule has 1 aliphatic heterocycles. The molecule has 0 aromatic carbocycles. The van der Waals surface area contributed by atoms with Gasteiger partial charge >= 0.3 is 0 Å². The molecule has 0 radical (unpaired) electrons. The van der Waals surface area contributed by atoms with Gasteiger partial charge in [0.2, 0.25) is 11.8 Å². The van der Waals surface area contributed by atoms with E-state index in [2.05, 4.69) is 21.4 Å². The lowest BCUT2D eigenvalue weighted by molar-refractivity contribution is -0.118. The summed E-state index contributed by atoms with van der Waals surface area (Å²) in [5, 5.41) is 16.3. The summed E-state index contributed by atoms with van der Waals surface area (Å²) in [5.41, 5.74) is 1.17. The number of aromatic nitrogens is 2. The van der Waals surface area contributed by atoms with Gasteiger partial charge in [-0.1, -0.05) is 6.42 Å². The van der Waals surface area contributed by atoms with E-state index < -0.39 is 0 Å². The van der Waals surface area contributed by atoms with Crippen LogP contribution in [0.4, 0.5) is 5.88 Å². The number of hydrogen-bond donors (Lipinski definition) is 1. The Morgan fingerprint density at radius 1 is 1.48 bits per heavy atom. The van der Waals surface area contributed by atoms with Crippen LogP contribution in [0.3, 0.4) is 0 Å². The molecule has 0 spiro atoms. The van der Waals surface area contributed by atoms with E-state index in [-0.39, 0.29) is 24.4 Å². The highest BCUT2D eigenvalue weighted by molar-refractivity contribution is 5.92. The predicted molar refractivity (Wildman–Crippen MR) is 93.0 cm³/mol. The van der Waals surface area contributed by atoms with Crippen molar-refractivity contribution in [3.8, 4) is 6.07 Å². The number of piperidine rings is 1. The van der Waals surface area contributed by atoms with Crippen molar-refractivity contribution in [2.45, 2.75) is 45.7 Å². The van der Waals surface area contributed by atoms with Gasteiger partial charge in [-0.25, -0.2) is 0 Å². The van der Waals surface area contributed by atoms with Crippen LogP contribution in [-0.2, 0) is 11.3 Å². The summed E-state index contributed by atoms with van der Waals surface area (Å²) in [6.45, 7) is 5.56. The molecule has 2 aromatic heterocycles. The van der Waals surface area contributed by atoms with Crippen molar-refractivity contribution in [1.82, 2.24) is 14.7 Å². The minimum absolute atomic E-state index is 0.155. The molecule has 1 atom stereocenters. The van der Waals surface area contributed by atoms with E-state index in [0.29, 0.717) is 11.3 Å². The van der Waals surface area contributed by atoms with Crippen LogP contribution in [0.1, 0.15) is 36.1 Å². The minimum Gasteiger partial charge on any atom is -0.444 e. The fourth-order valence-corrected chi connectivity index (χ4v) is 3.30. The van der Waals surface area contributed by atoms with E-state index in [4.69, 9.17) is 4.42 Å². The lowest BCUT2D eigenvalue weighted by atomic mass is 10.0. The molecule has 1 aliphatic rings. The fraction of sp³-hybridized carbons (Fsp3) is 0.500. The summed E-state index contributed by atoms with van der Waals surface area (Å²) in [5.74, 6) is 0.752. The molecule has 1 N–H and O–H groups in total. The molecule has 0 saturated carbocycles. The summed E-state index contributed by atoms with van der Waals surface area (Å²) in [6.07, 6.45) is 7.02. The van der Waals surface area contributed by atoms with E-state index in [0.717, 1.165) is 31.5 Å². The highest BCUT2D eigenvalue weighted by Crippen LogP contribution is 2.25. The number of nitriles is 1. The number of likely N-dealkylation sites (tertiary alicyclic amines) is 1. The first kappa shape index (κ1) is 17.2. The third kappa shape index (κ3) is 3.91. The highest BCUT2D eigenvalue weighted by atomic mass is 16.4. The zero-order valence-electron chi connectivity index (χ0n) is 14.7. The summed E-state index contributed by atoms with van der Waals surface area (Å²) in [6, 6.07) is 4.29. The Labute approximate surface area is 147 Å². The quantitative estimate of drug-likeness (QED) is 0.902. The zero-order chi connectivity index (χ0) is 17.8.